The average molecular weight is 333 g/mol. The Balaban J connectivity index is 1.99. The normalized spacial score (nSPS) is 11.5. The van der Waals surface area contributed by atoms with Gasteiger partial charge in [0.25, 0.3) is 0 Å². The first-order chi connectivity index (χ1) is 11.4. The van der Waals surface area contributed by atoms with Gasteiger partial charge in [-0.05, 0) is 60.8 Å². The lowest BCUT2D eigenvalue weighted by Crippen LogP contribution is -2.16. The number of aromatic nitrogens is 1. The SMILES string of the molecule is COc1ccc2c(C)nc(-c3ccc(OC(F)(F)F)cc3)cc2c1. The van der Waals surface area contributed by atoms with Crippen molar-refractivity contribution >= 4 is 10.8 Å². The zero-order chi connectivity index (χ0) is 17.3. The van der Waals surface area contributed by atoms with E-state index in [1.165, 1.54) is 12.1 Å². The van der Waals surface area contributed by atoms with Gasteiger partial charge in [-0.2, -0.15) is 0 Å². The first-order valence-electron chi connectivity index (χ1n) is 7.17. The number of halogens is 3. The number of alkyl halides is 3. The van der Waals surface area contributed by atoms with E-state index in [-0.39, 0.29) is 5.75 Å². The molecule has 0 spiro atoms. The molecule has 3 rings (SSSR count). The molecule has 0 aliphatic heterocycles. The molecule has 0 unspecified atom stereocenters. The second-order valence-corrected chi connectivity index (χ2v) is 5.25. The third-order valence-corrected chi connectivity index (χ3v) is 3.61. The molecule has 0 N–H and O–H groups in total. The Morgan fingerprint density at radius 3 is 2.21 bits per heavy atom. The molecule has 1 heterocycles. The van der Waals surface area contributed by atoms with Crippen molar-refractivity contribution < 1.29 is 22.6 Å². The minimum absolute atomic E-state index is 0.259. The number of nitrogens with zero attached hydrogens (tertiary/aromatic N) is 1. The number of ether oxygens (including phenoxy) is 2. The van der Waals surface area contributed by atoms with Gasteiger partial charge < -0.3 is 9.47 Å². The molecule has 3 nitrogen and oxygen atoms in total. The number of fused-ring (bicyclic) bond motifs is 1. The van der Waals surface area contributed by atoms with Crippen LogP contribution in [0.25, 0.3) is 22.0 Å². The summed E-state index contributed by atoms with van der Waals surface area (Å²) in [6.45, 7) is 1.89. The van der Waals surface area contributed by atoms with Gasteiger partial charge in [0, 0.05) is 16.6 Å². The molecule has 124 valence electrons. The largest absolute Gasteiger partial charge is 0.573 e. The van der Waals surface area contributed by atoms with Crippen molar-refractivity contribution in [1.29, 1.82) is 0 Å². The average Bonchev–Trinajstić information content (AvgIpc) is 2.53. The second kappa shape index (κ2) is 6.03. The molecular weight excluding hydrogens is 319 g/mol. The molecule has 0 amide bonds. The first kappa shape index (κ1) is 16.1. The van der Waals surface area contributed by atoms with Crippen molar-refractivity contribution in [2.75, 3.05) is 7.11 Å². The van der Waals surface area contributed by atoms with E-state index in [4.69, 9.17) is 4.74 Å². The Morgan fingerprint density at radius 1 is 0.917 bits per heavy atom. The number of hydrogen-bond donors (Lipinski definition) is 0. The fraction of sp³-hybridized carbons (Fsp3) is 0.167. The Hall–Kier alpha value is -2.76. The fourth-order valence-electron chi connectivity index (χ4n) is 2.51. The van der Waals surface area contributed by atoms with Crippen LogP contribution in [0.1, 0.15) is 5.69 Å². The van der Waals surface area contributed by atoms with Crippen LogP contribution in [0.15, 0.2) is 48.5 Å². The topological polar surface area (TPSA) is 31.4 Å². The van der Waals surface area contributed by atoms with E-state index >= 15 is 0 Å². The molecule has 6 heteroatoms. The summed E-state index contributed by atoms with van der Waals surface area (Å²) in [7, 11) is 1.59. The van der Waals surface area contributed by atoms with E-state index in [9.17, 15) is 13.2 Å². The van der Waals surface area contributed by atoms with Crippen LogP contribution >= 0.6 is 0 Å². The third kappa shape index (κ3) is 3.42. The summed E-state index contributed by atoms with van der Waals surface area (Å²) in [4.78, 5) is 4.53. The highest BCUT2D eigenvalue weighted by atomic mass is 19.4. The number of hydrogen-bond acceptors (Lipinski definition) is 3. The maximum atomic E-state index is 12.2. The number of rotatable bonds is 3. The van der Waals surface area contributed by atoms with Crippen molar-refractivity contribution in [3.8, 4) is 22.8 Å². The Morgan fingerprint density at radius 2 is 1.58 bits per heavy atom. The van der Waals surface area contributed by atoms with E-state index in [1.54, 1.807) is 19.2 Å². The van der Waals surface area contributed by atoms with E-state index in [1.807, 2.05) is 31.2 Å². The van der Waals surface area contributed by atoms with Gasteiger partial charge in [-0.3, -0.25) is 4.98 Å². The minimum Gasteiger partial charge on any atom is -0.497 e. The molecule has 2 aromatic carbocycles. The predicted molar refractivity (Wildman–Crippen MR) is 85.2 cm³/mol. The zero-order valence-electron chi connectivity index (χ0n) is 13.0. The van der Waals surface area contributed by atoms with Crippen molar-refractivity contribution in [2.45, 2.75) is 13.3 Å². The Labute approximate surface area is 136 Å². The smallest absolute Gasteiger partial charge is 0.497 e. The van der Waals surface area contributed by atoms with Crippen LogP contribution in [0.2, 0.25) is 0 Å². The van der Waals surface area contributed by atoms with Gasteiger partial charge in [0.05, 0.1) is 12.8 Å². The molecule has 0 radical (unpaired) electrons. The Kier molecular flexibility index (Phi) is 4.05. The van der Waals surface area contributed by atoms with Crippen LogP contribution in [0, 0.1) is 6.92 Å². The van der Waals surface area contributed by atoms with Crippen LogP contribution < -0.4 is 9.47 Å². The van der Waals surface area contributed by atoms with Crippen molar-refractivity contribution in [1.82, 2.24) is 4.98 Å². The lowest BCUT2D eigenvalue weighted by Gasteiger charge is -2.10. The van der Waals surface area contributed by atoms with Crippen LogP contribution in [-0.4, -0.2) is 18.5 Å². The molecule has 0 saturated carbocycles. The maximum absolute atomic E-state index is 12.2. The quantitative estimate of drug-likeness (QED) is 0.667. The fourth-order valence-corrected chi connectivity index (χ4v) is 2.51. The summed E-state index contributed by atoms with van der Waals surface area (Å²) in [5.41, 5.74) is 2.21. The highest BCUT2D eigenvalue weighted by molar-refractivity contribution is 5.88. The molecule has 3 aromatic rings. The van der Waals surface area contributed by atoms with E-state index in [0.717, 1.165) is 22.2 Å². The minimum atomic E-state index is -4.70. The first-order valence-corrected chi connectivity index (χ1v) is 7.17. The summed E-state index contributed by atoms with van der Waals surface area (Å²) in [6, 6.07) is 13.2. The van der Waals surface area contributed by atoms with Gasteiger partial charge >= 0.3 is 6.36 Å². The molecule has 0 aliphatic carbocycles. The van der Waals surface area contributed by atoms with Crippen LogP contribution in [0.3, 0.4) is 0 Å². The summed E-state index contributed by atoms with van der Waals surface area (Å²) < 4.78 is 45.8. The van der Waals surface area contributed by atoms with Crippen LogP contribution in [0.4, 0.5) is 13.2 Å². The highest BCUT2D eigenvalue weighted by Crippen LogP contribution is 2.29. The highest BCUT2D eigenvalue weighted by Gasteiger charge is 2.30. The molecule has 0 aliphatic rings. The second-order valence-electron chi connectivity index (χ2n) is 5.25. The standard InChI is InChI=1S/C18H14F3NO2/c1-11-16-8-7-15(23-2)9-13(16)10-17(22-11)12-3-5-14(6-4-12)24-18(19,20)21/h3-10H,1-2H3. The molecular formula is C18H14F3NO2. The summed E-state index contributed by atoms with van der Waals surface area (Å²) in [5.74, 6) is 0.471. The summed E-state index contributed by atoms with van der Waals surface area (Å²) >= 11 is 0. The van der Waals surface area contributed by atoms with Gasteiger partial charge in [0.1, 0.15) is 11.5 Å². The molecule has 0 bridgehead atoms. The third-order valence-electron chi connectivity index (χ3n) is 3.61. The van der Waals surface area contributed by atoms with E-state index in [2.05, 4.69) is 9.72 Å². The summed E-state index contributed by atoms with van der Waals surface area (Å²) in [5, 5.41) is 1.95. The summed E-state index contributed by atoms with van der Waals surface area (Å²) in [6.07, 6.45) is -4.70. The van der Waals surface area contributed by atoms with Gasteiger partial charge in [0.15, 0.2) is 0 Å². The predicted octanol–water partition coefficient (Wildman–Crippen LogP) is 5.12. The number of pyridine rings is 1. The van der Waals surface area contributed by atoms with E-state index < -0.39 is 6.36 Å². The van der Waals surface area contributed by atoms with Crippen LogP contribution in [0.5, 0.6) is 11.5 Å². The maximum Gasteiger partial charge on any atom is 0.573 e. The molecule has 24 heavy (non-hydrogen) atoms. The van der Waals surface area contributed by atoms with Gasteiger partial charge in [-0.25, -0.2) is 0 Å². The lowest BCUT2D eigenvalue weighted by atomic mass is 10.0. The number of benzene rings is 2. The molecule has 1 aromatic heterocycles. The van der Waals surface area contributed by atoms with E-state index in [0.29, 0.717) is 11.3 Å². The van der Waals surface area contributed by atoms with Crippen molar-refractivity contribution in [3.05, 3.63) is 54.2 Å². The van der Waals surface area contributed by atoms with Gasteiger partial charge in [0.2, 0.25) is 0 Å². The Bertz CT molecular complexity index is 874. The molecule has 0 fully saturated rings. The zero-order valence-corrected chi connectivity index (χ0v) is 13.0. The van der Waals surface area contributed by atoms with Crippen molar-refractivity contribution in [3.63, 3.8) is 0 Å². The van der Waals surface area contributed by atoms with Crippen LogP contribution in [-0.2, 0) is 0 Å². The lowest BCUT2D eigenvalue weighted by molar-refractivity contribution is -0.274. The molecule has 0 atom stereocenters. The van der Waals surface area contributed by atoms with Crippen molar-refractivity contribution in [2.24, 2.45) is 0 Å². The molecule has 0 saturated heterocycles. The van der Waals surface area contributed by atoms with Gasteiger partial charge in [-0.15, -0.1) is 13.2 Å². The number of methoxy groups -OCH3 is 1. The van der Waals surface area contributed by atoms with Gasteiger partial charge in [-0.1, -0.05) is 0 Å². The number of aryl methyl sites for hydroxylation is 1. The monoisotopic (exact) mass is 333 g/mol.